The maximum absolute atomic E-state index is 14.8. The number of aromatic nitrogens is 3. The maximum atomic E-state index is 14.8. The number of halogens is 6. The van der Waals surface area contributed by atoms with Crippen LogP contribution in [-0.2, 0) is 4.74 Å². The van der Waals surface area contributed by atoms with Crippen molar-refractivity contribution in [2.24, 2.45) is 0 Å². The lowest BCUT2D eigenvalue weighted by molar-refractivity contribution is 0.0712. The predicted octanol–water partition coefficient (Wildman–Crippen LogP) is 6.28. The molecule has 1 aromatic carbocycles. The van der Waals surface area contributed by atoms with Crippen LogP contribution in [0.3, 0.4) is 0 Å². The van der Waals surface area contributed by atoms with Crippen molar-refractivity contribution in [2.75, 3.05) is 26.3 Å². The number of imidazole rings is 1. The molecule has 13 heteroatoms. The van der Waals surface area contributed by atoms with Crippen molar-refractivity contribution in [3.63, 3.8) is 0 Å². The number of likely N-dealkylation sites (tertiary alicyclic amines) is 1. The lowest BCUT2D eigenvalue weighted by atomic mass is 9.88. The summed E-state index contributed by atoms with van der Waals surface area (Å²) in [6.45, 7) is 1.62. The predicted molar refractivity (Wildman–Crippen MR) is 118 cm³/mol. The van der Waals surface area contributed by atoms with E-state index in [1.165, 1.54) is 4.90 Å². The van der Waals surface area contributed by atoms with Gasteiger partial charge in [0.1, 0.15) is 16.5 Å². The maximum Gasteiger partial charge on any atom is 0.310 e. The number of pyridine rings is 1. The van der Waals surface area contributed by atoms with Gasteiger partial charge in [-0.1, -0.05) is 19.4 Å². The highest BCUT2D eigenvalue weighted by Crippen LogP contribution is 3.02. The smallest absolute Gasteiger partial charge is 0.310 e. The first kappa shape index (κ1) is 23.9. The molecule has 2 aliphatic heterocycles. The van der Waals surface area contributed by atoms with E-state index < -0.39 is 26.8 Å². The summed E-state index contributed by atoms with van der Waals surface area (Å²) in [5.41, 5.74) is 1.25. The van der Waals surface area contributed by atoms with Crippen LogP contribution >= 0.6 is 10.2 Å². The van der Waals surface area contributed by atoms with Crippen molar-refractivity contribution in [3.05, 3.63) is 53.2 Å². The number of benzene rings is 1. The molecule has 0 bridgehead atoms. The monoisotopic (exact) mass is 520 g/mol. The zero-order chi connectivity index (χ0) is 25.1. The van der Waals surface area contributed by atoms with Gasteiger partial charge in [0.15, 0.2) is 5.65 Å². The largest absolute Gasteiger partial charge is 0.381 e. The quantitative estimate of drug-likeness (QED) is 0.411. The molecule has 6 nitrogen and oxygen atoms in total. The molecule has 0 aliphatic carbocycles. The van der Waals surface area contributed by atoms with Gasteiger partial charge >= 0.3 is 10.2 Å². The second-order valence-corrected chi connectivity index (χ2v) is 11.4. The first-order valence-electron chi connectivity index (χ1n) is 11.1. The SMILES string of the molecule is O=C(c1ccc(S(F)(F)(F)(F)F)cc1)N1CCC(c2c(F)cnc3nc([C@H]4CCOC4)[nH]c23)CC1. The third kappa shape index (κ3) is 4.70. The van der Waals surface area contributed by atoms with Crippen LogP contribution in [-0.4, -0.2) is 52.1 Å². The van der Waals surface area contributed by atoms with Crippen molar-refractivity contribution in [2.45, 2.75) is 36.0 Å². The number of hydrogen-bond donors (Lipinski definition) is 1. The zero-order valence-electron chi connectivity index (χ0n) is 18.3. The van der Waals surface area contributed by atoms with Crippen LogP contribution in [0.1, 0.15) is 52.8 Å². The molecule has 0 unspecified atom stereocenters. The van der Waals surface area contributed by atoms with Gasteiger partial charge in [-0.3, -0.25) is 4.79 Å². The summed E-state index contributed by atoms with van der Waals surface area (Å²) in [5, 5.41) is 0. The fourth-order valence-corrected chi connectivity index (χ4v) is 5.37. The van der Waals surface area contributed by atoms with Crippen molar-refractivity contribution in [1.29, 1.82) is 0 Å². The Morgan fingerprint density at radius 3 is 2.31 bits per heavy atom. The fourth-order valence-electron chi connectivity index (χ4n) is 4.72. The first-order valence-corrected chi connectivity index (χ1v) is 13.0. The molecule has 2 aliphatic rings. The Morgan fingerprint density at radius 2 is 1.71 bits per heavy atom. The minimum Gasteiger partial charge on any atom is -0.381 e. The lowest BCUT2D eigenvalue weighted by Crippen LogP contribution is -2.38. The van der Waals surface area contributed by atoms with Crippen molar-refractivity contribution in [1.82, 2.24) is 19.9 Å². The molecular weight excluding hydrogens is 498 g/mol. The molecule has 0 spiro atoms. The van der Waals surface area contributed by atoms with Gasteiger partial charge in [-0.25, -0.2) is 14.4 Å². The van der Waals surface area contributed by atoms with Gasteiger partial charge in [-0.05, 0) is 49.4 Å². The number of hydrogen-bond acceptors (Lipinski definition) is 4. The molecule has 2 fully saturated rings. The second kappa shape index (κ2) is 7.60. The zero-order valence-corrected chi connectivity index (χ0v) is 19.1. The molecule has 2 saturated heterocycles. The number of piperidine rings is 1. The number of amides is 1. The number of ether oxygens (including phenoxy) is 1. The summed E-state index contributed by atoms with van der Waals surface area (Å²) < 4.78 is 84.9. The molecule has 35 heavy (non-hydrogen) atoms. The molecule has 3 aromatic rings. The van der Waals surface area contributed by atoms with E-state index in [1.54, 1.807) is 0 Å². The summed E-state index contributed by atoms with van der Waals surface area (Å²) in [6, 6.07) is 1.98. The summed E-state index contributed by atoms with van der Waals surface area (Å²) >= 11 is 0. The lowest BCUT2D eigenvalue weighted by Gasteiger charge is -2.40. The summed E-state index contributed by atoms with van der Waals surface area (Å²) in [5.74, 6) is -0.493. The standard InChI is InChI=1S/C22H22F6N4O2S/c23-17-11-29-21-19(30-20(31-21)15-7-10-34-12-15)18(17)13-5-8-32(9-6-13)22(33)14-1-3-16(4-2-14)35(24,25,26,27)28/h1-4,11,13,15H,5-10,12H2,(H,29,30,31)/t15-/m0/s1. The van der Waals surface area contributed by atoms with Gasteiger partial charge in [0.25, 0.3) is 5.91 Å². The Balaban J connectivity index is 1.32. The molecule has 2 aromatic heterocycles. The minimum atomic E-state index is -9.80. The van der Waals surface area contributed by atoms with Crippen molar-refractivity contribution >= 4 is 27.3 Å². The van der Waals surface area contributed by atoms with E-state index in [9.17, 15) is 28.6 Å². The first-order chi connectivity index (χ1) is 16.3. The van der Waals surface area contributed by atoms with Crippen molar-refractivity contribution < 1.29 is 33.4 Å². The molecule has 0 radical (unpaired) electrons. The highest BCUT2D eigenvalue weighted by molar-refractivity contribution is 8.45. The normalized spacial score (nSPS) is 21.8. The van der Waals surface area contributed by atoms with Gasteiger partial charge in [0, 0.05) is 36.7 Å². The van der Waals surface area contributed by atoms with Crippen LogP contribution in [0.25, 0.3) is 11.2 Å². The van der Waals surface area contributed by atoms with E-state index in [0.717, 1.165) is 24.8 Å². The summed E-state index contributed by atoms with van der Waals surface area (Å²) in [4.78, 5) is 23.9. The van der Waals surface area contributed by atoms with Gasteiger partial charge in [-0.15, -0.1) is 0 Å². The van der Waals surface area contributed by atoms with Crippen LogP contribution in [0.5, 0.6) is 0 Å². The van der Waals surface area contributed by atoms with Gasteiger partial charge in [0.05, 0.1) is 18.3 Å². The molecular formula is C22H22F6N4O2S. The summed E-state index contributed by atoms with van der Waals surface area (Å²) in [6.07, 6.45) is 2.75. The highest BCUT2D eigenvalue weighted by atomic mass is 32.5. The number of carbonyl (C=O) groups is 1. The Morgan fingerprint density at radius 1 is 1.03 bits per heavy atom. The Labute approximate surface area is 196 Å². The topological polar surface area (TPSA) is 71.1 Å². The Hall–Kier alpha value is -2.80. The van der Waals surface area contributed by atoms with Gasteiger partial charge in [0.2, 0.25) is 0 Å². The van der Waals surface area contributed by atoms with Gasteiger partial charge in [-0.2, -0.15) is 0 Å². The molecule has 1 atom stereocenters. The molecule has 0 saturated carbocycles. The second-order valence-electron chi connectivity index (χ2n) is 8.96. The summed E-state index contributed by atoms with van der Waals surface area (Å²) in [7, 11) is -9.80. The third-order valence-electron chi connectivity index (χ3n) is 6.58. The van der Waals surface area contributed by atoms with Crippen LogP contribution < -0.4 is 0 Å². The van der Waals surface area contributed by atoms with E-state index in [0.29, 0.717) is 48.6 Å². The van der Waals surface area contributed by atoms with Crippen LogP contribution in [0, 0.1) is 5.82 Å². The number of nitrogens with zero attached hydrogens (tertiary/aromatic N) is 3. The number of nitrogens with one attached hydrogen (secondary N) is 1. The van der Waals surface area contributed by atoms with Crippen LogP contribution in [0.4, 0.5) is 23.8 Å². The number of fused-ring (bicyclic) bond motifs is 1. The number of H-pyrrole nitrogens is 1. The minimum absolute atomic E-state index is 0.0881. The van der Waals surface area contributed by atoms with E-state index in [1.807, 2.05) is 0 Å². The van der Waals surface area contributed by atoms with E-state index in [2.05, 4.69) is 15.0 Å². The van der Waals surface area contributed by atoms with E-state index in [-0.39, 0.29) is 42.6 Å². The number of rotatable bonds is 4. The Kier molecular flexibility index (Phi) is 5.19. The molecule has 190 valence electrons. The third-order valence-corrected chi connectivity index (χ3v) is 7.75. The molecule has 5 rings (SSSR count). The van der Waals surface area contributed by atoms with Gasteiger partial charge < -0.3 is 14.6 Å². The van der Waals surface area contributed by atoms with Crippen molar-refractivity contribution in [3.8, 4) is 0 Å². The molecule has 1 amide bonds. The van der Waals surface area contributed by atoms with E-state index in [4.69, 9.17) is 4.74 Å². The van der Waals surface area contributed by atoms with Crippen LogP contribution in [0.15, 0.2) is 35.4 Å². The Bertz CT molecular complexity index is 1280. The van der Waals surface area contributed by atoms with E-state index >= 15 is 0 Å². The molecule has 4 heterocycles. The average molecular weight is 520 g/mol. The molecule has 1 N–H and O–H groups in total. The average Bonchev–Trinajstić information content (AvgIpc) is 3.47. The fraction of sp³-hybridized carbons (Fsp3) is 0.409. The number of carbonyl (C=O) groups excluding carboxylic acids is 1. The number of aromatic amines is 1. The van der Waals surface area contributed by atoms with Crippen LogP contribution in [0.2, 0.25) is 0 Å². The highest BCUT2D eigenvalue weighted by Gasteiger charge is 2.65.